The van der Waals surface area contributed by atoms with Crippen LogP contribution < -0.4 is 14.8 Å². The van der Waals surface area contributed by atoms with Crippen LogP contribution in [0.2, 0.25) is 0 Å². The quantitative estimate of drug-likeness (QED) is 0.774. The molecular weight excluding hydrogens is 399 g/mol. The molecule has 2 aromatic rings. The average molecular weight is 422 g/mol. The van der Waals surface area contributed by atoms with Crippen molar-refractivity contribution in [2.24, 2.45) is 5.92 Å². The van der Waals surface area contributed by atoms with Gasteiger partial charge < -0.3 is 14.8 Å². The van der Waals surface area contributed by atoms with Gasteiger partial charge in [-0.15, -0.1) is 0 Å². The maximum absolute atomic E-state index is 13.3. The van der Waals surface area contributed by atoms with Crippen molar-refractivity contribution in [2.75, 3.05) is 32.6 Å². The molecule has 9 heteroatoms. The molecule has 0 aliphatic carbocycles. The first kappa shape index (κ1) is 21.1. The Hall–Kier alpha value is -2.65. The Bertz CT molecular complexity index is 988. The molecule has 1 aliphatic rings. The van der Waals surface area contributed by atoms with Crippen molar-refractivity contribution in [3.63, 3.8) is 0 Å². The lowest BCUT2D eigenvalue weighted by Gasteiger charge is -2.30. The summed E-state index contributed by atoms with van der Waals surface area (Å²) in [6.07, 6.45) is 0.765. The monoisotopic (exact) mass is 422 g/mol. The minimum Gasteiger partial charge on any atom is -0.493 e. The van der Waals surface area contributed by atoms with E-state index in [1.165, 1.54) is 48.9 Å². The Labute approximate surface area is 169 Å². The number of carbonyl (C=O) groups excluding carboxylic acids is 1. The number of ether oxygens (including phenoxy) is 2. The minimum absolute atomic E-state index is 0.109. The summed E-state index contributed by atoms with van der Waals surface area (Å²) in [4.78, 5) is 12.5. The molecule has 1 amide bonds. The van der Waals surface area contributed by atoms with E-state index < -0.39 is 15.8 Å². The predicted octanol–water partition coefficient (Wildman–Crippen LogP) is 2.88. The zero-order valence-electron chi connectivity index (χ0n) is 16.2. The van der Waals surface area contributed by atoms with Gasteiger partial charge in [0.2, 0.25) is 15.9 Å². The third-order valence-corrected chi connectivity index (χ3v) is 6.80. The van der Waals surface area contributed by atoms with E-state index in [9.17, 15) is 17.6 Å². The van der Waals surface area contributed by atoms with Crippen LogP contribution in [-0.4, -0.2) is 45.9 Å². The summed E-state index contributed by atoms with van der Waals surface area (Å²) in [6.45, 7) is 0.440. The van der Waals surface area contributed by atoms with Gasteiger partial charge in [-0.1, -0.05) is 6.07 Å². The van der Waals surface area contributed by atoms with E-state index in [1.807, 2.05) is 0 Å². The number of methoxy groups -OCH3 is 2. The van der Waals surface area contributed by atoms with Crippen LogP contribution in [0.3, 0.4) is 0 Å². The van der Waals surface area contributed by atoms with Crippen LogP contribution in [0.25, 0.3) is 0 Å². The molecule has 29 heavy (non-hydrogen) atoms. The maximum atomic E-state index is 13.3. The van der Waals surface area contributed by atoms with Gasteiger partial charge in [-0.2, -0.15) is 4.31 Å². The molecule has 1 heterocycles. The van der Waals surface area contributed by atoms with Crippen LogP contribution >= 0.6 is 0 Å². The molecule has 0 saturated carbocycles. The number of benzene rings is 2. The van der Waals surface area contributed by atoms with Gasteiger partial charge in [0.1, 0.15) is 5.82 Å². The van der Waals surface area contributed by atoms with Gasteiger partial charge in [-0.3, -0.25) is 4.79 Å². The lowest BCUT2D eigenvalue weighted by atomic mass is 9.97. The van der Waals surface area contributed by atoms with Crippen LogP contribution in [0.5, 0.6) is 11.5 Å². The van der Waals surface area contributed by atoms with Crippen molar-refractivity contribution < 1.29 is 27.1 Å². The lowest BCUT2D eigenvalue weighted by Crippen LogP contribution is -2.41. The van der Waals surface area contributed by atoms with Crippen molar-refractivity contribution in [3.8, 4) is 11.5 Å². The van der Waals surface area contributed by atoms with Gasteiger partial charge in [0, 0.05) is 30.8 Å². The molecule has 0 aromatic heterocycles. The summed E-state index contributed by atoms with van der Waals surface area (Å²) in [7, 11) is -0.797. The first-order valence-electron chi connectivity index (χ1n) is 9.13. The molecule has 0 spiro atoms. The second-order valence-electron chi connectivity index (χ2n) is 6.69. The van der Waals surface area contributed by atoms with Gasteiger partial charge in [0.05, 0.1) is 19.1 Å². The van der Waals surface area contributed by atoms with E-state index in [0.717, 1.165) is 0 Å². The van der Waals surface area contributed by atoms with Crippen LogP contribution in [-0.2, 0) is 14.8 Å². The molecule has 0 unspecified atom stereocenters. The Morgan fingerprint density at radius 2 is 1.76 bits per heavy atom. The Morgan fingerprint density at radius 3 is 2.38 bits per heavy atom. The fourth-order valence-corrected chi connectivity index (χ4v) is 4.78. The van der Waals surface area contributed by atoms with Crippen molar-refractivity contribution in [2.45, 2.75) is 17.7 Å². The van der Waals surface area contributed by atoms with Gasteiger partial charge in [-0.25, -0.2) is 12.8 Å². The predicted molar refractivity (Wildman–Crippen MR) is 106 cm³/mol. The molecule has 3 rings (SSSR count). The van der Waals surface area contributed by atoms with Crippen molar-refractivity contribution in [1.82, 2.24) is 4.31 Å². The largest absolute Gasteiger partial charge is 0.493 e. The number of nitrogens with zero attached hydrogens (tertiary/aromatic N) is 1. The second-order valence-corrected chi connectivity index (χ2v) is 8.63. The summed E-state index contributed by atoms with van der Waals surface area (Å²) in [6, 6.07) is 10.1. The summed E-state index contributed by atoms with van der Waals surface area (Å²) in [5, 5.41) is 2.69. The maximum Gasteiger partial charge on any atom is 0.243 e. The summed E-state index contributed by atoms with van der Waals surface area (Å²) >= 11 is 0. The standard InChI is InChI=1S/C20H23FN2O5S/c1-27-18-7-6-17(13-19(18)28-2)29(25,26)23-10-8-14(9-11-23)20(24)22-16-5-3-4-15(21)12-16/h3-7,12-14H,8-11H2,1-2H3,(H,22,24). The molecule has 7 nitrogen and oxygen atoms in total. The fraction of sp³-hybridized carbons (Fsp3) is 0.350. The smallest absolute Gasteiger partial charge is 0.243 e. The Kier molecular flexibility index (Phi) is 6.39. The highest BCUT2D eigenvalue weighted by atomic mass is 32.2. The van der Waals surface area contributed by atoms with Gasteiger partial charge in [0.15, 0.2) is 11.5 Å². The highest BCUT2D eigenvalue weighted by molar-refractivity contribution is 7.89. The fourth-order valence-electron chi connectivity index (χ4n) is 3.29. The molecule has 2 aromatic carbocycles. The second kappa shape index (κ2) is 8.79. The van der Waals surface area contributed by atoms with Gasteiger partial charge >= 0.3 is 0 Å². The number of halogens is 1. The van der Waals surface area contributed by atoms with Gasteiger partial charge in [-0.05, 0) is 43.2 Å². The molecule has 156 valence electrons. The summed E-state index contributed by atoms with van der Waals surface area (Å²) in [5.41, 5.74) is 0.385. The van der Waals surface area contributed by atoms with Crippen molar-refractivity contribution in [1.29, 1.82) is 0 Å². The summed E-state index contributed by atoms with van der Waals surface area (Å²) < 4.78 is 50.8. The molecule has 1 aliphatic heterocycles. The van der Waals surface area contributed by atoms with Crippen LogP contribution in [0.15, 0.2) is 47.4 Å². The van der Waals surface area contributed by atoms with Crippen molar-refractivity contribution in [3.05, 3.63) is 48.3 Å². The number of amides is 1. The molecule has 1 N–H and O–H groups in total. The molecule has 1 saturated heterocycles. The zero-order valence-corrected chi connectivity index (χ0v) is 17.0. The highest BCUT2D eigenvalue weighted by Crippen LogP contribution is 2.32. The number of rotatable bonds is 6. The number of piperidine rings is 1. The molecule has 0 radical (unpaired) electrons. The first-order chi connectivity index (χ1) is 13.8. The average Bonchev–Trinajstić information content (AvgIpc) is 2.73. The van der Waals surface area contributed by atoms with Crippen LogP contribution in [0.4, 0.5) is 10.1 Å². The SMILES string of the molecule is COc1ccc(S(=O)(=O)N2CCC(C(=O)Nc3cccc(F)c3)CC2)cc1OC. The topological polar surface area (TPSA) is 84.9 Å². The molecule has 0 bridgehead atoms. The van der Waals surface area contributed by atoms with Crippen LogP contribution in [0.1, 0.15) is 12.8 Å². The first-order valence-corrected chi connectivity index (χ1v) is 10.6. The number of hydrogen-bond donors (Lipinski definition) is 1. The van der Waals surface area contributed by atoms with E-state index in [-0.39, 0.29) is 29.8 Å². The number of sulfonamides is 1. The van der Waals surface area contributed by atoms with Crippen LogP contribution in [0, 0.1) is 11.7 Å². The van der Waals surface area contributed by atoms with E-state index in [1.54, 1.807) is 12.1 Å². The Morgan fingerprint density at radius 1 is 1.07 bits per heavy atom. The molecule has 0 atom stereocenters. The number of anilines is 1. The number of hydrogen-bond acceptors (Lipinski definition) is 5. The normalized spacial score (nSPS) is 15.7. The third kappa shape index (κ3) is 4.68. The minimum atomic E-state index is -3.72. The zero-order chi connectivity index (χ0) is 21.0. The Balaban J connectivity index is 1.65. The lowest BCUT2D eigenvalue weighted by molar-refractivity contribution is -0.120. The summed E-state index contributed by atoms with van der Waals surface area (Å²) in [5.74, 6) is -0.232. The molecular formula is C20H23FN2O5S. The van der Waals surface area contributed by atoms with E-state index >= 15 is 0 Å². The van der Waals surface area contributed by atoms with E-state index in [0.29, 0.717) is 30.0 Å². The van der Waals surface area contributed by atoms with Gasteiger partial charge in [0.25, 0.3) is 0 Å². The van der Waals surface area contributed by atoms with E-state index in [4.69, 9.17) is 9.47 Å². The third-order valence-electron chi connectivity index (χ3n) is 4.91. The number of carbonyl (C=O) groups is 1. The highest BCUT2D eigenvalue weighted by Gasteiger charge is 2.32. The van der Waals surface area contributed by atoms with E-state index in [2.05, 4.69) is 5.32 Å². The van der Waals surface area contributed by atoms with Crippen molar-refractivity contribution >= 4 is 21.6 Å². The number of nitrogens with one attached hydrogen (secondary N) is 1. The molecule has 1 fully saturated rings.